The lowest BCUT2D eigenvalue weighted by molar-refractivity contribution is 0.242. The molecule has 0 saturated heterocycles. The van der Waals surface area contributed by atoms with Crippen molar-refractivity contribution in [3.63, 3.8) is 0 Å². The molecule has 0 unspecified atom stereocenters. The zero-order valence-corrected chi connectivity index (χ0v) is 12.4. The normalized spacial score (nSPS) is 10.4. The van der Waals surface area contributed by atoms with Crippen LogP contribution >= 0.6 is 0 Å². The minimum Gasteiger partial charge on any atom is -0.490 e. The van der Waals surface area contributed by atoms with E-state index in [1.165, 1.54) is 11.1 Å². The van der Waals surface area contributed by atoms with E-state index < -0.39 is 0 Å². The first-order valence-electron chi connectivity index (χ1n) is 6.79. The molecule has 0 aliphatic heterocycles. The molecular weight excluding hydrogens is 246 g/mol. The molecule has 0 saturated carbocycles. The molecule has 0 radical (unpaired) electrons. The zero-order valence-electron chi connectivity index (χ0n) is 12.4. The van der Waals surface area contributed by atoms with Crippen molar-refractivity contribution in [3.8, 4) is 22.9 Å². The van der Waals surface area contributed by atoms with Gasteiger partial charge in [0.2, 0.25) is 0 Å². The Labute approximate surface area is 120 Å². The molecule has 0 aromatic heterocycles. The van der Waals surface area contributed by atoms with Crippen molar-refractivity contribution >= 4 is 0 Å². The van der Waals surface area contributed by atoms with Crippen LogP contribution in [0, 0.1) is 25.2 Å². The highest BCUT2D eigenvalue weighted by Crippen LogP contribution is 2.29. The molecule has 0 aliphatic rings. The molecule has 2 aromatic carbocycles. The van der Waals surface area contributed by atoms with Gasteiger partial charge >= 0.3 is 0 Å². The Hall–Kier alpha value is -2.27. The highest BCUT2D eigenvalue weighted by Gasteiger charge is 2.08. The molecule has 0 N–H and O–H groups in total. The van der Waals surface area contributed by atoms with Crippen LogP contribution in [0.25, 0.3) is 11.1 Å². The van der Waals surface area contributed by atoms with E-state index in [1.54, 1.807) is 0 Å². The number of nitriles is 1. The Morgan fingerprint density at radius 1 is 0.950 bits per heavy atom. The maximum absolute atomic E-state index is 9.15. The van der Waals surface area contributed by atoms with Gasteiger partial charge in [0.25, 0.3) is 0 Å². The molecule has 0 fully saturated rings. The van der Waals surface area contributed by atoms with Gasteiger partial charge in [-0.1, -0.05) is 35.4 Å². The number of benzene rings is 2. The van der Waals surface area contributed by atoms with Gasteiger partial charge in [0.15, 0.2) is 0 Å². The van der Waals surface area contributed by atoms with Crippen LogP contribution in [-0.2, 0) is 0 Å². The third-order valence-electron chi connectivity index (χ3n) is 3.02. The molecule has 0 bridgehead atoms. The molecule has 0 spiro atoms. The maximum Gasteiger partial charge on any atom is 0.138 e. The summed E-state index contributed by atoms with van der Waals surface area (Å²) in [6.45, 7) is 8.10. The lowest BCUT2D eigenvalue weighted by Gasteiger charge is -2.13. The van der Waals surface area contributed by atoms with E-state index in [1.807, 2.05) is 32.0 Å². The average Bonchev–Trinajstić information content (AvgIpc) is 2.36. The van der Waals surface area contributed by atoms with Crippen LogP contribution in [-0.4, -0.2) is 6.10 Å². The average molecular weight is 265 g/mol. The highest BCUT2D eigenvalue weighted by molar-refractivity contribution is 5.68. The first kappa shape index (κ1) is 14.1. The van der Waals surface area contributed by atoms with Crippen molar-refractivity contribution in [2.24, 2.45) is 0 Å². The molecule has 0 aliphatic carbocycles. The number of rotatable bonds is 3. The Morgan fingerprint density at radius 3 is 2.15 bits per heavy atom. The summed E-state index contributed by atoms with van der Waals surface area (Å²) in [5.41, 5.74) is 5.27. The number of hydrogen-bond donors (Lipinski definition) is 0. The number of aryl methyl sites for hydroxylation is 2. The van der Waals surface area contributed by atoms with Crippen molar-refractivity contribution in [2.75, 3.05) is 0 Å². The monoisotopic (exact) mass is 265 g/mol. The summed E-state index contributed by atoms with van der Waals surface area (Å²) in [7, 11) is 0. The van der Waals surface area contributed by atoms with Gasteiger partial charge in [-0.05, 0) is 51.0 Å². The van der Waals surface area contributed by atoms with Gasteiger partial charge in [-0.25, -0.2) is 0 Å². The van der Waals surface area contributed by atoms with E-state index in [2.05, 4.69) is 38.1 Å². The smallest absolute Gasteiger partial charge is 0.138 e. The highest BCUT2D eigenvalue weighted by atomic mass is 16.5. The van der Waals surface area contributed by atoms with Crippen LogP contribution < -0.4 is 4.74 Å². The molecular formula is C18H19NO. The SMILES string of the molecule is Cc1cc(C)cc(-c2ccc(C#N)c(OC(C)C)c2)c1. The summed E-state index contributed by atoms with van der Waals surface area (Å²) in [5.74, 6) is 0.652. The van der Waals surface area contributed by atoms with E-state index in [4.69, 9.17) is 10.00 Å². The van der Waals surface area contributed by atoms with E-state index >= 15 is 0 Å². The van der Waals surface area contributed by atoms with E-state index in [0.29, 0.717) is 11.3 Å². The van der Waals surface area contributed by atoms with Crippen LogP contribution in [0.2, 0.25) is 0 Å². The minimum absolute atomic E-state index is 0.0524. The molecule has 0 atom stereocenters. The van der Waals surface area contributed by atoms with Crippen molar-refractivity contribution in [1.29, 1.82) is 5.26 Å². The number of hydrogen-bond acceptors (Lipinski definition) is 2. The molecule has 2 rings (SSSR count). The van der Waals surface area contributed by atoms with E-state index in [9.17, 15) is 0 Å². The predicted octanol–water partition coefficient (Wildman–Crippen LogP) is 4.63. The second-order valence-corrected chi connectivity index (χ2v) is 5.37. The second-order valence-electron chi connectivity index (χ2n) is 5.37. The van der Waals surface area contributed by atoms with Crippen LogP contribution in [0.5, 0.6) is 5.75 Å². The third-order valence-corrected chi connectivity index (χ3v) is 3.02. The fourth-order valence-electron chi connectivity index (χ4n) is 2.29. The van der Waals surface area contributed by atoms with Crippen molar-refractivity contribution in [1.82, 2.24) is 0 Å². The van der Waals surface area contributed by atoms with Gasteiger partial charge in [0.1, 0.15) is 11.8 Å². The molecule has 0 heterocycles. The van der Waals surface area contributed by atoms with E-state index in [0.717, 1.165) is 11.1 Å². The van der Waals surface area contributed by atoms with Gasteiger partial charge in [0, 0.05) is 0 Å². The second kappa shape index (κ2) is 5.79. The standard InChI is InChI=1S/C18H19NO/c1-12(2)20-18-10-15(5-6-16(18)11-19)17-8-13(3)7-14(4)9-17/h5-10,12H,1-4H3. The molecule has 0 amide bonds. The summed E-state index contributed by atoms with van der Waals surface area (Å²) in [5, 5.41) is 9.15. The van der Waals surface area contributed by atoms with Crippen LogP contribution in [0.3, 0.4) is 0 Å². The minimum atomic E-state index is 0.0524. The van der Waals surface area contributed by atoms with Crippen LogP contribution in [0.1, 0.15) is 30.5 Å². The summed E-state index contributed by atoms with van der Waals surface area (Å²) < 4.78 is 5.74. The quantitative estimate of drug-likeness (QED) is 0.810. The maximum atomic E-state index is 9.15. The third kappa shape index (κ3) is 3.19. The van der Waals surface area contributed by atoms with Gasteiger partial charge in [-0.2, -0.15) is 5.26 Å². The van der Waals surface area contributed by atoms with E-state index in [-0.39, 0.29) is 6.10 Å². The molecule has 102 valence electrons. The zero-order chi connectivity index (χ0) is 14.7. The molecule has 2 aromatic rings. The molecule has 2 nitrogen and oxygen atoms in total. The fraction of sp³-hybridized carbons (Fsp3) is 0.278. The molecule has 2 heteroatoms. The number of ether oxygens (including phenoxy) is 1. The Balaban J connectivity index is 2.50. The first-order valence-corrected chi connectivity index (χ1v) is 6.79. The lowest BCUT2D eigenvalue weighted by atomic mass is 9.99. The lowest BCUT2D eigenvalue weighted by Crippen LogP contribution is -2.06. The van der Waals surface area contributed by atoms with Crippen molar-refractivity contribution < 1.29 is 4.74 Å². The summed E-state index contributed by atoms with van der Waals surface area (Å²) in [4.78, 5) is 0. The summed E-state index contributed by atoms with van der Waals surface area (Å²) in [6.07, 6.45) is 0.0524. The first-order chi connectivity index (χ1) is 9.49. The number of nitrogens with zero attached hydrogens (tertiary/aromatic N) is 1. The Morgan fingerprint density at radius 2 is 1.60 bits per heavy atom. The van der Waals surface area contributed by atoms with Gasteiger partial charge in [-0.3, -0.25) is 0 Å². The Kier molecular flexibility index (Phi) is 4.10. The largest absolute Gasteiger partial charge is 0.490 e. The van der Waals surface area contributed by atoms with Crippen LogP contribution in [0.15, 0.2) is 36.4 Å². The van der Waals surface area contributed by atoms with Gasteiger partial charge < -0.3 is 4.74 Å². The fourth-order valence-corrected chi connectivity index (χ4v) is 2.29. The van der Waals surface area contributed by atoms with Crippen molar-refractivity contribution in [2.45, 2.75) is 33.8 Å². The van der Waals surface area contributed by atoms with Crippen molar-refractivity contribution in [3.05, 3.63) is 53.1 Å². The molecule has 20 heavy (non-hydrogen) atoms. The topological polar surface area (TPSA) is 33.0 Å². The van der Waals surface area contributed by atoms with Crippen LogP contribution in [0.4, 0.5) is 0 Å². The Bertz CT molecular complexity index is 645. The summed E-state index contributed by atoms with van der Waals surface area (Å²) in [6, 6.07) is 14.4. The summed E-state index contributed by atoms with van der Waals surface area (Å²) >= 11 is 0. The van der Waals surface area contributed by atoms with Gasteiger partial charge in [0.05, 0.1) is 11.7 Å². The van der Waals surface area contributed by atoms with Gasteiger partial charge in [-0.15, -0.1) is 0 Å². The predicted molar refractivity (Wildman–Crippen MR) is 81.8 cm³/mol.